The summed E-state index contributed by atoms with van der Waals surface area (Å²) >= 11 is 0. The molecule has 5 heteroatoms. The smallest absolute Gasteiger partial charge is 0.306 e. The number of carboxylic acid groups (broad SMARTS) is 1. The lowest BCUT2D eigenvalue weighted by Crippen LogP contribution is -2.61. The van der Waals surface area contributed by atoms with Crippen LogP contribution in [0.5, 0.6) is 0 Å². The SMILES string of the molecule is C=CCC(C)(C)COC(=O)C[C@H](C(=O)[O-])C(C)(C)C.[NH3+]C1CCCCC1. The molecule has 1 fully saturated rings. The van der Waals surface area contributed by atoms with Crippen LogP contribution in [0.3, 0.4) is 0 Å². The number of carbonyl (C=O) groups excluding carboxylic acids is 2. The second kappa shape index (κ2) is 11.4. The molecule has 1 atom stereocenters. The number of hydrogen-bond donors (Lipinski definition) is 1. The first kappa shape index (κ1) is 24.6. The van der Waals surface area contributed by atoms with Gasteiger partial charge in [0, 0.05) is 17.3 Å². The lowest BCUT2D eigenvalue weighted by Gasteiger charge is -2.31. The lowest BCUT2D eigenvalue weighted by molar-refractivity contribution is -0.425. The highest BCUT2D eigenvalue weighted by atomic mass is 16.5. The van der Waals surface area contributed by atoms with Crippen molar-refractivity contribution in [3.8, 4) is 0 Å². The highest BCUT2D eigenvalue weighted by Crippen LogP contribution is 2.29. The number of esters is 1. The molecule has 1 aliphatic carbocycles. The number of hydrogen-bond acceptors (Lipinski definition) is 4. The van der Waals surface area contributed by atoms with Crippen LogP contribution in [0, 0.1) is 16.7 Å². The number of ether oxygens (including phenoxy) is 1. The molecule has 1 saturated carbocycles. The average molecular weight is 370 g/mol. The predicted octanol–water partition coefficient (Wildman–Crippen LogP) is 2.50. The zero-order chi connectivity index (χ0) is 20.4. The van der Waals surface area contributed by atoms with Crippen LogP contribution < -0.4 is 10.8 Å². The summed E-state index contributed by atoms with van der Waals surface area (Å²) in [6.07, 6.45) is 9.39. The van der Waals surface area contributed by atoms with E-state index >= 15 is 0 Å². The average Bonchev–Trinajstić information content (AvgIpc) is 2.50. The molecule has 5 nitrogen and oxygen atoms in total. The highest BCUT2D eigenvalue weighted by molar-refractivity contribution is 5.78. The molecular formula is C21H39NO4. The molecule has 3 N–H and O–H groups in total. The van der Waals surface area contributed by atoms with Crippen molar-refractivity contribution < 1.29 is 25.2 Å². The molecule has 0 heterocycles. The van der Waals surface area contributed by atoms with E-state index in [9.17, 15) is 14.7 Å². The summed E-state index contributed by atoms with van der Waals surface area (Å²) in [5, 5.41) is 11.1. The fourth-order valence-electron chi connectivity index (χ4n) is 2.88. The van der Waals surface area contributed by atoms with Gasteiger partial charge in [0.25, 0.3) is 0 Å². The molecular weight excluding hydrogens is 330 g/mol. The molecule has 0 bridgehead atoms. The van der Waals surface area contributed by atoms with E-state index in [1.807, 2.05) is 13.8 Å². The Bertz CT molecular complexity index is 445. The van der Waals surface area contributed by atoms with E-state index in [0.717, 1.165) is 12.5 Å². The highest BCUT2D eigenvalue weighted by Gasteiger charge is 2.29. The van der Waals surface area contributed by atoms with Gasteiger partial charge in [0.2, 0.25) is 0 Å². The van der Waals surface area contributed by atoms with Gasteiger partial charge in [-0.1, -0.05) is 47.1 Å². The molecule has 0 aromatic heterocycles. The predicted molar refractivity (Wildman–Crippen MR) is 102 cm³/mol. The topological polar surface area (TPSA) is 94.1 Å². The van der Waals surface area contributed by atoms with Crippen molar-refractivity contribution in [2.24, 2.45) is 16.7 Å². The van der Waals surface area contributed by atoms with Crippen LogP contribution in [0.2, 0.25) is 0 Å². The van der Waals surface area contributed by atoms with Crippen molar-refractivity contribution in [3.05, 3.63) is 12.7 Å². The normalized spacial score (nSPS) is 16.8. The van der Waals surface area contributed by atoms with E-state index in [1.54, 1.807) is 26.8 Å². The first-order chi connectivity index (χ1) is 11.9. The van der Waals surface area contributed by atoms with Crippen molar-refractivity contribution in [3.63, 3.8) is 0 Å². The Morgan fingerprint density at radius 2 is 1.73 bits per heavy atom. The summed E-state index contributed by atoms with van der Waals surface area (Å²) in [6.45, 7) is 13.1. The van der Waals surface area contributed by atoms with E-state index in [-0.39, 0.29) is 18.4 Å². The maximum absolute atomic E-state index is 11.7. The minimum Gasteiger partial charge on any atom is -0.550 e. The van der Waals surface area contributed by atoms with Gasteiger partial charge < -0.3 is 20.4 Å². The van der Waals surface area contributed by atoms with Crippen LogP contribution in [0.1, 0.15) is 79.6 Å². The van der Waals surface area contributed by atoms with Crippen molar-refractivity contribution in [2.75, 3.05) is 6.61 Å². The summed E-state index contributed by atoms with van der Waals surface area (Å²) in [6, 6.07) is 0.786. The largest absolute Gasteiger partial charge is 0.550 e. The van der Waals surface area contributed by atoms with Crippen molar-refractivity contribution in [1.82, 2.24) is 0 Å². The first-order valence-corrected chi connectivity index (χ1v) is 9.69. The Kier molecular flexibility index (Phi) is 10.8. The van der Waals surface area contributed by atoms with Crippen molar-refractivity contribution in [1.29, 1.82) is 0 Å². The Morgan fingerprint density at radius 1 is 1.19 bits per heavy atom. The Labute approximate surface area is 159 Å². The van der Waals surface area contributed by atoms with Crippen molar-refractivity contribution in [2.45, 2.75) is 85.6 Å². The van der Waals surface area contributed by atoms with Gasteiger partial charge in [-0.05, 0) is 37.5 Å². The number of allylic oxidation sites excluding steroid dienone is 1. The molecule has 152 valence electrons. The Morgan fingerprint density at radius 3 is 2.08 bits per heavy atom. The van der Waals surface area contributed by atoms with Crippen LogP contribution in [-0.4, -0.2) is 24.6 Å². The van der Waals surface area contributed by atoms with E-state index in [1.165, 1.54) is 32.1 Å². The summed E-state index contributed by atoms with van der Waals surface area (Å²) < 4.78 is 5.16. The van der Waals surface area contributed by atoms with E-state index in [4.69, 9.17) is 4.74 Å². The third-order valence-electron chi connectivity index (χ3n) is 4.75. The van der Waals surface area contributed by atoms with E-state index in [0.29, 0.717) is 0 Å². The monoisotopic (exact) mass is 369 g/mol. The van der Waals surface area contributed by atoms with Gasteiger partial charge in [0.05, 0.1) is 19.1 Å². The first-order valence-electron chi connectivity index (χ1n) is 9.69. The summed E-state index contributed by atoms with van der Waals surface area (Å²) in [7, 11) is 0. The van der Waals surface area contributed by atoms with Gasteiger partial charge in [0.1, 0.15) is 0 Å². The van der Waals surface area contributed by atoms with Crippen LogP contribution in [-0.2, 0) is 14.3 Å². The molecule has 0 unspecified atom stereocenters. The van der Waals surface area contributed by atoms with E-state index < -0.39 is 23.3 Å². The lowest BCUT2D eigenvalue weighted by atomic mass is 9.79. The van der Waals surface area contributed by atoms with Gasteiger partial charge in [-0.15, -0.1) is 6.58 Å². The maximum Gasteiger partial charge on any atom is 0.306 e. The maximum atomic E-state index is 11.7. The standard InChI is InChI=1S/C15H26O4.C6H13N/c1-7-8-15(5,6)10-19-12(16)9-11(13(17)18)14(2,3)4;7-6-4-2-1-3-5-6/h7,11H,1,8-10H2,2-6H3,(H,17,18);6H,1-5,7H2/t11-;/m1./s1. The summed E-state index contributed by atoms with van der Waals surface area (Å²) in [5.74, 6) is -2.56. The van der Waals surface area contributed by atoms with Crippen molar-refractivity contribution >= 4 is 11.9 Å². The van der Waals surface area contributed by atoms with Gasteiger partial charge in [0.15, 0.2) is 0 Å². The molecule has 0 aliphatic heterocycles. The number of aliphatic carboxylic acids is 1. The van der Waals surface area contributed by atoms with Gasteiger partial charge in [-0.2, -0.15) is 0 Å². The minimum absolute atomic E-state index is 0.157. The Hall–Kier alpha value is -1.36. The molecule has 0 aromatic rings. The second-order valence-corrected chi connectivity index (χ2v) is 9.26. The van der Waals surface area contributed by atoms with Crippen LogP contribution in [0.25, 0.3) is 0 Å². The fraction of sp³-hybridized carbons (Fsp3) is 0.810. The number of rotatable bonds is 7. The number of carbonyl (C=O) groups is 2. The van der Waals surface area contributed by atoms with Gasteiger partial charge >= 0.3 is 5.97 Å². The molecule has 1 aliphatic rings. The van der Waals surface area contributed by atoms with Gasteiger partial charge in [-0.25, -0.2) is 0 Å². The third-order valence-corrected chi connectivity index (χ3v) is 4.75. The fourth-order valence-corrected chi connectivity index (χ4v) is 2.88. The quantitative estimate of drug-likeness (QED) is 0.551. The second-order valence-electron chi connectivity index (χ2n) is 9.26. The van der Waals surface area contributed by atoms with E-state index in [2.05, 4.69) is 12.3 Å². The zero-order valence-corrected chi connectivity index (χ0v) is 17.4. The van der Waals surface area contributed by atoms with Crippen LogP contribution in [0.4, 0.5) is 0 Å². The molecule has 26 heavy (non-hydrogen) atoms. The molecule has 0 radical (unpaired) electrons. The van der Waals surface area contributed by atoms with Crippen LogP contribution in [0.15, 0.2) is 12.7 Å². The molecule has 1 rings (SSSR count). The summed E-state index contributed by atoms with van der Waals surface area (Å²) in [4.78, 5) is 22.8. The molecule has 0 amide bonds. The minimum atomic E-state index is -1.21. The Balaban J connectivity index is 0.000000735. The summed E-state index contributed by atoms with van der Waals surface area (Å²) in [5.41, 5.74) is 3.28. The molecule has 0 aromatic carbocycles. The molecule has 0 saturated heterocycles. The van der Waals surface area contributed by atoms with Crippen LogP contribution >= 0.6 is 0 Å². The number of quaternary nitrogens is 1. The third kappa shape index (κ3) is 11.3. The number of carboxylic acids is 1. The zero-order valence-electron chi connectivity index (χ0n) is 17.4. The van der Waals surface area contributed by atoms with Gasteiger partial charge in [-0.3, -0.25) is 4.79 Å². The molecule has 0 spiro atoms.